The molecule has 4 nitrogen and oxygen atoms in total. The largest absolute Gasteiger partial charge is 0.496 e. The number of nitrogens with zero attached hydrogens (tertiary/aromatic N) is 1. The lowest BCUT2D eigenvalue weighted by Crippen LogP contribution is -2.08. The van der Waals surface area contributed by atoms with E-state index in [9.17, 15) is 4.79 Å². The Kier molecular flexibility index (Phi) is 3.93. The quantitative estimate of drug-likeness (QED) is 0.883. The van der Waals surface area contributed by atoms with E-state index >= 15 is 0 Å². The highest BCUT2D eigenvalue weighted by Crippen LogP contribution is 2.27. The smallest absolute Gasteiger partial charge is 0.200 e. The van der Waals surface area contributed by atoms with Gasteiger partial charge >= 0.3 is 0 Å². The number of carbonyl (C=O) groups is 1. The number of rotatable bonds is 3. The highest BCUT2D eigenvalue weighted by Gasteiger charge is 2.18. The predicted octanol–water partition coefficient (Wildman–Crippen LogP) is 3.21. The molecule has 1 heterocycles. The molecule has 0 atom stereocenters. The van der Waals surface area contributed by atoms with Crippen LogP contribution in [0.4, 0.5) is 5.82 Å². The molecular weight excluding hydrogens is 287 g/mol. The maximum atomic E-state index is 12.4. The van der Waals surface area contributed by atoms with Crippen LogP contribution in [0.25, 0.3) is 0 Å². The monoisotopic (exact) mass is 296 g/mol. The Morgan fingerprint density at radius 1 is 1.21 bits per heavy atom. The normalized spacial score (nSPS) is 10.3. The van der Waals surface area contributed by atoms with Gasteiger partial charge in [-0.1, -0.05) is 23.2 Å². The molecule has 0 aliphatic heterocycles. The summed E-state index contributed by atoms with van der Waals surface area (Å²) >= 11 is 11.7. The summed E-state index contributed by atoms with van der Waals surface area (Å²) in [6, 6.07) is 6.21. The van der Waals surface area contributed by atoms with Crippen molar-refractivity contribution in [3.8, 4) is 5.75 Å². The summed E-state index contributed by atoms with van der Waals surface area (Å²) in [6.45, 7) is 0. The van der Waals surface area contributed by atoms with E-state index < -0.39 is 0 Å². The summed E-state index contributed by atoms with van der Waals surface area (Å²) in [5, 5.41) is 0.816. The van der Waals surface area contributed by atoms with E-state index in [2.05, 4.69) is 4.98 Å². The van der Waals surface area contributed by atoms with Gasteiger partial charge in [0.05, 0.1) is 23.3 Å². The zero-order valence-corrected chi connectivity index (χ0v) is 11.5. The summed E-state index contributed by atoms with van der Waals surface area (Å²) in [4.78, 5) is 16.3. The summed E-state index contributed by atoms with van der Waals surface area (Å²) in [7, 11) is 1.46. The van der Waals surface area contributed by atoms with E-state index in [0.29, 0.717) is 21.4 Å². The Labute approximate surface area is 120 Å². The average molecular weight is 297 g/mol. The van der Waals surface area contributed by atoms with E-state index in [0.717, 1.165) is 0 Å². The molecule has 0 saturated carbocycles. The van der Waals surface area contributed by atoms with Gasteiger partial charge in [-0.25, -0.2) is 4.98 Å². The van der Waals surface area contributed by atoms with Gasteiger partial charge in [0, 0.05) is 11.2 Å². The van der Waals surface area contributed by atoms with Crippen molar-refractivity contribution in [1.29, 1.82) is 0 Å². The summed E-state index contributed by atoms with van der Waals surface area (Å²) in [6.07, 6.45) is 1.38. The van der Waals surface area contributed by atoms with Crippen LogP contribution in [0, 0.1) is 0 Å². The van der Waals surface area contributed by atoms with Gasteiger partial charge in [0.2, 0.25) is 5.78 Å². The number of pyridine rings is 1. The van der Waals surface area contributed by atoms with Gasteiger partial charge in [-0.15, -0.1) is 0 Å². The number of aromatic nitrogens is 1. The van der Waals surface area contributed by atoms with Crippen molar-refractivity contribution in [3.63, 3.8) is 0 Å². The number of hydrogen-bond donors (Lipinski definition) is 1. The minimum Gasteiger partial charge on any atom is -0.496 e. The number of carbonyl (C=O) groups excluding carboxylic acids is 1. The van der Waals surface area contributed by atoms with E-state index in [4.69, 9.17) is 33.7 Å². The van der Waals surface area contributed by atoms with Crippen LogP contribution in [0.5, 0.6) is 5.75 Å². The lowest BCUT2D eigenvalue weighted by molar-refractivity contribution is 0.103. The maximum Gasteiger partial charge on any atom is 0.200 e. The molecule has 0 aliphatic rings. The fraction of sp³-hybridized carbons (Fsp3) is 0.0769. The van der Waals surface area contributed by atoms with Crippen molar-refractivity contribution in [2.45, 2.75) is 0 Å². The zero-order chi connectivity index (χ0) is 14.0. The van der Waals surface area contributed by atoms with Crippen molar-refractivity contribution in [1.82, 2.24) is 4.98 Å². The number of nitrogen functional groups attached to an aromatic ring is 1. The topological polar surface area (TPSA) is 65.2 Å². The van der Waals surface area contributed by atoms with Gasteiger partial charge in [0.15, 0.2) is 0 Å². The maximum absolute atomic E-state index is 12.4. The van der Waals surface area contributed by atoms with Gasteiger partial charge in [0.1, 0.15) is 11.6 Å². The molecule has 2 aromatic rings. The number of halogens is 2. The molecule has 0 radical (unpaired) electrons. The van der Waals surface area contributed by atoms with Crippen molar-refractivity contribution in [3.05, 3.63) is 51.6 Å². The van der Waals surface area contributed by atoms with Gasteiger partial charge in [0.25, 0.3) is 0 Å². The van der Waals surface area contributed by atoms with Crippen LogP contribution in [0.1, 0.15) is 15.9 Å². The number of methoxy groups -OCH3 is 1. The second-order valence-electron chi connectivity index (χ2n) is 3.76. The second-order valence-corrected chi connectivity index (χ2v) is 4.63. The lowest BCUT2D eigenvalue weighted by Gasteiger charge is -2.09. The first-order valence-electron chi connectivity index (χ1n) is 5.32. The number of ether oxygens (including phenoxy) is 1. The van der Waals surface area contributed by atoms with E-state index in [1.54, 1.807) is 18.2 Å². The van der Waals surface area contributed by atoms with Crippen LogP contribution < -0.4 is 10.5 Å². The van der Waals surface area contributed by atoms with Crippen molar-refractivity contribution < 1.29 is 9.53 Å². The fourth-order valence-corrected chi connectivity index (χ4v) is 1.95. The molecule has 0 spiro atoms. The number of hydrogen-bond acceptors (Lipinski definition) is 4. The SMILES string of the molecule is COc1cc(Cl)ccc1C(=O)c1cc(Cl)cnc1N. The number of nitrogens with two attached hydrogens (primary N) is 1. The third kappa shape index (κ3) is 2.80. The summed E-state index contributed by atoms with van der Waals surface area (Å²) in [5.74, 6) is 0.171. The van der Waals surface area contributed by atoms with Crippen LogP contribution in [0.3, 0.4) is 0 Å². The molecule has 0 bridgehead atoms. The first-order valence-corrected chi connectivity index (χ1v) is 6.07. The molecule has 1 aromatic carbocycles. The Bertz CT molecular complexity index is 645. The molecule has 6 heteroatoms. The Balaban J connectivity index is 2.53. The minimum absolute atomic E-state index is 0.117. The van der Waals surface area contributed by atoms with Gasteiger partial charge < -0.3 is 10.5 Å². The van der Waals surface area contributed by atoms with E-state index in [1.165, 1.54) is 19.4 Å². The van der Waals surface area contributed by atoms with Crippen molar-refractivity contribution >= 4 is 34.8 Å². The van der Waals surface area contributed by atoms with Gasteiger partial charge in [-0.05, 0) is 24.3 Å². The number of ketones is 1. The average Bonchev–Trinajstić information content (AvgIpc) is 2.40. The van der Waals surface area contributed by atoms with Crippen LogP contribution in [-0.4, -0.2) is 17.9 Å². The van der Waals surface area contributed by atoms with Crippen LogP contribution in [0.2, 0.25) is 10.0 Å². The molecule has 2 rings (SSSR count). The van der Waals surface area contributed by atoms with Crippen LogP contribution >= 0.6 is 23.2 Å². The Morgan fingerprint density at radius 2 is 1.95 bits per heavy atom. The third-order valence-electron chi connectivity index (χ3n) is 2.54. The van der Waals surface area contributed by atoms with E-state index in [-0.39, 0.29) is 17.2 Å². The second kappa shape index (κ2) is 5.47. The third-order valence-corrected chi connectivity index (χ3v) is 2.98. The zero-order valence-electron chi connectivity index (χ0n) is 9.98. The van der Waals surface area contributed by atoms with Crippen molar-refractivity contribution in [2.24, 2.45) is 0 Å². The molecule has 0 aliphatic carbocycles. The van der Waals surface area contributed by atoms with E-state index in [1.807, 2.05) is 0 Å². The molecule has 0 unspecified atom stereocenters. The molecule has 1 aromatic heterocycles. The first-order chi connectivity index (χ1) is 9.02. The molecular formula is C13H10Cl2N2O2. The fourth-order valence-electron chi connectivity index (χ4n) is 1.63. The standard InChI is InChI=1S/C13H10Cl2N2O2/c1-19-11-5-7(14)2-3-9(11)12(18)10-4-8(15)6-17-13(10)16/h2-6H,1H3,(H2,16,17). The van der Waals surface area contributed by atoms with Gasteiger partial charge in [-0.2, -0.15) is 0 Å². The van der Waals surface area contributed by atoms with Gasteiger partial charge in [-0.3, -0.25) is 4.79 Å². The predicted molar refractivity (Wildman–Crippen MR) is 75.1 cm³/mol. The van der Waals surface area contributed by atoms with Crippen molar-refractivity contribution in [2.75, 3.05) is 12.8 Å². The lowest BCUT2D eigenvalue weighted by atomic mass is 10.0. The highest BCUT2D eigenvalue weighted by molar-refractivity contribution is 6.31. The molecule has 0 fully saturated rings. The molecule has 19 heavy (non-hydrogen) atoms. The van der Waals surface area contributed by atoms with Crippen LogP contribution in [0.15, 0.2) is 30.5 Å². The minimum atomic E-state index is -0.319. The highest BCUT2D eigenvalue weighted by atomic mass is 35.5. The Morgan fingerprint density at radius 3 is 2.63 bits per heavy atom. The molecule has 2 N–H and O–H groups in total. The number of benzene rings is 1. The molecule has 0 amide bonds. The molecule has 98 valence electrons. The molecule has 0 saturated heterocycles. The van der Waals surface area contributed by atoms with Crippen LogP contribution in [-0.2, 0) is 0 Å². The summed E-state index contributed by atoms with van der Waals surface area (Å²) < 4.78 is 5.14. The first kappa shape index (κ1) is 13.6. The Hall–Kier alpha value is -1.78. The summed E-state index contributed by atoms with van der Waals surface area (Å²) in [5.41, 5.74) is 6.27. The number of anilines is 1.